The Kier molecular flexibility index (Phi) is 4.35. The lowest BCUT2D eigenvalue weighted by molar-refractivity contribution is 0.553. The lowest BCUT2D eigenvalue weighted by Crippen LogP contribution is -2.19. The van der Waals surface area contributed by atoms with Crippen LogP contribution in [-0.2, 0) is 0 Å². The molecule has 2 aromatic carbocycles. The zero-order valence-electron chi connectivity index (χ0n) is 11.0. The van der Waals surface area contributed by atoms with Crippen molar-refractivity contribution >= 4 is 11.6 Å². The van der Waals surface area contributed by atoms with Crippen LogP contribution in [0.4, 0.5) is 13.2 Å². The van der Waals surface area contributed by atoms with E-state index in [4.69, 9.17) is 11.6 Å². The van der Waals surface area contributed by atoms with Gasteiger partial charge in [-0.3, -0.25) is 0 Å². The summed E-state index contributed by atoms with van der Waals surface area (Å²) >= 11 is 5.73. The third-order valence-corrected chi connectivity index (χ3v) is 3.44. The van der Waals surface area contributed by atoms with E-state index >= 15 is 0 Å². The second kappa shape index (κ2) is 5.85. The van der Waals surface area contributed by atoms with Gasteiger partial charge in [-0.05, 0) is 49.4 Å². The van der Waals surface area contributed by atoms with Crippen LogP contribution in [0.3, 0.4) is 0 Å². The fourth-order valence-corrected chi connectivity index (χ4v) is 2.27. The first-order valence-corrected chi connectivity index (χ1v) is 6.39. The highest BCUT2D eigenvalue weighted by atomic mass is 35.5. The summed E-state index contributed by atoms with van der Waals surface area (Å²) in [5, 5.41) is 2.82. The molecular formula is C15H13ClF3N. The molecule has 0 aliphatic carbocycles. The van der Waals surface area contributed by atoms with Crippen LogP contribution in [-0.4, -0.2) is 7.05 Å². The Labute approximate surface area is 120 Å². The number of hydrogen-bond donors (Lipinski definition) is 1. The molecule has 0 aliphatic rings. The predicted molar refractivity (Wildman–Crippen MR) is 73.4 cm³/mol. The van der Waals surface area contributed by atoms with E-state index in [0.717, 1.165) is 12.1 Å². The molecule has 5 heteroatoms. The summed E-state index contributed by atoms with van der Waals surface area (Å²) in [6.07, 6.45) is 0. The molecule has 0 bridgehead atoms. The van der Waals surface area contributed by atoms with Crippen LogP contribution in [0.5, 0.6) is 0 Å². The van der Waals surface area contributed by atoms with Crippen molar-refractivity contribution in [2.75, 3.05) is 7.05 Å². The molecule has 1 nitrogen and oxygen atoms in total. The Hall–Kier alpha value is -1.52. The molecule has 0 saturated heterocycles. The van der Waals surface area contributed by atoms with Crippen LogP contribution in [0.15, 0.2) is 30.3 Å². The normalized spacial score (nSPS) is 12.5. The molecule has 1 N–H and O–H groups in total. The van der Waals surface area contributed by atoms with Crippen LogP contribution in [0, 0.1) is 24.4 Å². The Morgan fingerprint density at radius 1 is 1.00 bits per heavy atom. The van der Waals surface area contributed by atoms with Crippen LogP contribution in [0.2, 0.25) is 5.02 Å². The Morgan fingerprint density at radius 2 is 1.70 bits per heavy atom. The lowest BCUT2D eigenvalue weighted by Gasteiger charge is -2.19. The fourth-order valence-electron chi connectivity index (χ4n) is 2.08. The topological polar surface area (TPSA) is 12.0 Å². The van der Waals surface area contributed by atoms with E-state index in [2.05, 4.69) is 5.32 Å². The van der Waals surface area contributed by atoms with Crippen LogP contribution >= 0.6 is 11.6 Å². The number of aryl methyl sites for hydroxylation is 1. The van der Waals surface area contributed by atoms with E-state index < -0.39 is 23.5 Å². The van der Waals surface area contributed by atoms with Gasteiger partial charge in [0.25, 0.3) is 0 Å². The molecule has 106 valence electrons. The maximum atomic E-state index is 14.0. The van der Waals surface area contributed by atoms with Crippen molar-refractivity contribution in [3.8, 4) is 0 Å². The van der Waals surface area contributed by atoms with Crippen molar-refractivity contribution in [1.82, 2.24) is 5.32 Å². The van der Waals surface area contributed by atoms with Crippen molar-refractivity contribution in [3.63, 3.8) is 0 Å². The molecule has 0 fully saturated rings. The summed E-state index contributed by atoms with van der Waals surface area (Å²) in [6, 6.07) is 5.76. The van der Waals surface area contributed by atoms with Gasteiger partial charge in [-0.2, -0.15) is 0 Å². The zero-order valence-corrected chi connectivity index (χ0v) is 11.7. The van der Waals surface area contributed by atoms with Gasteiger partial charge >= 0.3 is 0 Å². The average molecular weight is 300 g/mol. The average Bonchev–Trinajstić information content (AvgIpc) is 2.40. The molecule has 0 radical (unpaired) electrons. The van der Waals surface area contributed by atoms with Crippen molar-refractivity contribution in [1.29, 1.82) is 0 Å². The third kappa shape index (κ3) is 2.81. The Balaban J connectivity index is 2.52. The number of rotatable bonds is 3. The Morgan fingerprint density at radius 3 is 2.30 bits per heavy atom. The van der Waals surface area contributed by atoms with Crippen LogP contribution in [0.1, 0.15) is 22.7 Å². The predicted octanol–water partition coefficient (Wildman–Crippen LogP) is 4.37. The minimum atomic E-state index is -0.608. The molecule has 0 aromatic heterocycles. The minimum Gasteiger partial charge on any atom is -0.309 e. The van der Waals surface area contributed by atoms with E-state index in [9.17, 15) is 13.2 Å². The van der Waals surface area contributed by atoms with Gasteiger partial charge < -0.3 is 5.32 Å². The standard InChI is InChI=1S/C15H13ClF3N/c1-8-5-14(19)10(7-13(8)18)15(20-2)9-3-4-12(17)11(16)6-9/h3-7,15,20H,1-2H3. The van der Waals surface area contributed by atoms with Gasteiger partial charge in [0.2, 0.25) is 0 Å². The van der Waals surface area contributed by atoms with E-state index in [1.165, 1.54) is 25.1 Å². The summed E-state index contributed by atoms with van der Waals surface area (Å²) in [5.74, 6) is -1.57. The highest BCUT2D eigenvalue weighted by Gasteiger charge is 2.19. The second-order valence-corrected chi connectivity index (χ2v) is 4.93. The molecule has 1 atom stereocenters. The largest absolute Gasteiger partial charge is 0.309 e. The number of halogens is 4. The van der Waals surface area contributed by atoms with Crippen molar-refractivity contribution in [3.05, 3.63) is 69.5 Å². The minimum absolute atomic E-state index is 0.0595. The van der Waals surface area contributed by atoms with Gasteiger partial charge in [0.1, 0.15) is 17.5 Å². The van der Waals surface area contributed by atoms with Crippen molar-refractivity contribution in [2.45, 2.75) is 13.0 Å². The maximum absolute atomic E-state index is 14.0. The first-order chi connectivity index (χ1) is 9.43. The summed E-state index contributed by atoms with van der Waals surface area (Å²) < 4.78 is 40.8. The van der Waals surface area contributed by atoms with Gasteiger partial charge in [0.15, 0.2) is 0 Å². The van der Waals surface area contributed by atoms with E-state index in [1.54, 1.807) is 7.05 Å². The monoisotopic (exact) mass is 299 g/mol. The van der Waals surface area contributed by atoms with E-state index in [1.807, 2.05) is 0 Å². The number of hydrogen-bond acceptors (Lipinski definition) is 1. The van der Waals surface area contributed by atoms with Gasteiger partial charge in [0, 0.05) is 5.56 Å². The summed E-state index contributed by atoms with van der Waals surface area (Å²) in [6.45, 7) is 1.49. The van der Waals surface area contributed by atoms with Crippen LogP contribution in [0.25, 0.3) is 0 Å². The maximum Gasteiger partial charge on any atom is 0.141 e. The first kappa shape index (κ1) is 14.9. The number of benzene rings is 2. The molecule has 0 spiro atoms. The van der Waals surface area contributed by atoms with Gasteiger partial charge in [-0.15, -0.1) is 0 Å². The van der Waals surface area contributed by atoms with E-state index in [0.29, 0.717) is 5.56 Å². The second-order valence-electron chi connectivity index (χ2n) is 4.52. The van der Waals surface area contributed by atoms with Crippen molar-refractivity contribution < 1.29 is 13.2 Å². The Bertz CT molecular complexity index is 643. The summed E-state index contributed by atoms with van der Waals surface area (Å²) in [4.78, 5) is 0. The van der Waals surface area contributed by atoms with E-state index in [-0.39, 0.29) is 16.1 Å². The molecule has 2 rings (SSSR count). The summed E-state index contributed by atoms with van der Waals surface area (Å²) in [5.41, 5.74) is 0.942. The SMILES string of the molecule is CNC(c1ccc(F)c(Cl)c1)c1cc(F)c(C)cc1F. The highest BCUT2D eigenvalue weighted by molar-refractivity contribution is 6.30. The zero-order chi connectivity index (χ0) is 14.9. The lowest BCUT2D eigenvalue weighted by atomic mass is 9.97. The molecule has 1 unspecified atom stereocenters. The molecular weight excluding hydrogens is 287 g/mol. The highest BCUT2D eigenvalue weighted by Crippen LogP contribution is 2.28. The van der Waals surface area contributed by atoms with Gasteiger partial charge in [-0.1, -0.05) is 17.7 Å². The summed E-state index contributed by atoms with van der Waals surface area (Å²) in [7, 11) is 1.61. The smallest absolute Gasteiger partial charge is 0.141 e. The van der Waals surface area contributed by atoms with Gasteiger partial charge in [0.05, 0.1) is 11.1 Å². The molecule has 2 aromatic rings. The van der Waals surface area contributed by atoms with Crippen LogP contribution < -0.4 is 5.32 Å². The van der Waals surface area contributed by atoms with Crippen molar-refractivity contribution in [2.24, 2.45) is 0 Å². The molecule has 0 amide bonds. The molecule has 0 saturated carbocycles. The fraction of sp³-hybridized carbons (Fsp3) is 0.200. The third-order valence-electron chi connectivity index (χ3n) is 3.15. The molecule has 0 aliphatic heterocycles. The van der Waals surface area contributed by atoms with Gasteiger partial charge in [-0.25, -0.2) is 13.2 Å². The quantitative estimate of drug-likeness (QED) is 0.887. The first-order valence-electron chi connectivity index (χ1n) is 6.01. The number of nitrogens with one attached hydrogen (secondary N) is 1. The molecule has 20 heavy (non-hydrogen) atoms. The molecule has 0 heterocycles.